The number of nitrogens with one attached hydrogen (secondary N) is 1. The number of anilines is 1. The number of aryl methyl sites for hydroxylation is 1. The molecule has 1 unspecified atom stereocenters. The molecule has 0 fully saturated rings. The summed E-state index contributed by atoms with van der Waals surface area (Å²) >= 11 is 0. The molecule has 1 aromatic rings. The van der Waals surface area contributed by atoms with Gasteiger partial charge in [-0.05, 0) is 37.0 Å². The fourth-order valence-corrected chi connectivity index (χ4v) is 2.01. The average molecular weight is 278 g/mol. The molecule has 1 atom stereocenters. The van der Waals surface area contributed by atoms with Crippen molar-refractivity contribution < 1.29 is 14.3 Å². The zero-order valence-electron chi connectivity index (χ0n) is 12.4. The first-order valence-corrected chi connectivity index (χ1v) is 6.60. The van der Waals surface area contributed by atoms with Crippen molar-refractivity contribution in [3.8, 4) is 0 Å². The van der Waals surface area contributed by atoms with Gasteiger partial charge in [0, 0.05) is 5.69 Å². The van der Waals surface area contributed by atoms with Gasteiger partial charge in [-0.2, -0.15) is 0 Å². The Bertz CT molecular complexity index is 498. The number of esters is 1. The van der Waals surface area contributed by atoms with Gasteiger partial charge in [-0.15, -0.1) is 0 Å². The highest BCUT2D eigenvalue weighted by molar-refractivity contribution is 5.99. The highest BCUT2D eigenvalue weighted by atomic mass is 16.5. The minimum Gasteiger partial charge on any atom is -0.467 e. The lowest BCUT2D eigenvalue weighted by molar-refractivity contribution is -0.141. The molecule has 110 valence electrons. The van der Waals surface area contributed by atoms with Gasteiger partial charge in [0.2, 0.25) is 0 Å². The molecule has 1 rings (SSSR count). The van der Waals surface area contributed by atoms with Crippen LogP contribution in [0.3, 0.4) is 0 Å². The molecule has 0 saturated carbocycles. The Morgan fingerprint density at radius 1 is 1.35 bits per heavy atom. The molecule has 1 aromatic carbocycles. The smallest absolute Gasteiger partial charge is 0.328 e. The SMILES string of the molecule is COC(=O)C(CC(C)C)Nc1cc(C)ccc1C(N)=O. The lowest BCUT2D eigenvalue weighted by atomic mass is 10.0. The number of hydrogen-bond acceptors (Lipinski definition) is 4. The Kier molecular flexibility index (Phi) is 5.55. The van der Waals surface area contributed by atoms with E-state index in [4.69, 9.17) is 10.5 Å². The van der Waals surface area contributed by atoms with Gasteiger partial charge in [-0.3, -0.25) is 4.79 Å². The van der Waals surface area contributed by atoms with Crippen LogP contribution < -0.4 is 11.1 Å². The van der Waals surface area contributed by atoms with Gasteiger partial charge in [0.25, 0.3) is 5.91 Å². The summed E-state index contributed by atoms with van der Waals surface area (Å²) < 4.78 is 4.80. The number of carbonyl (C=O) groups is 2. The Labute approximate surface area is 119 Å². The number of carbonyl (C=O) groups excluding carboxylic acids is 2. The van der Waals surface area contributed by atoms with Gasteiger partial charge < -0.3 is 15.8 Å². The normalized spacial score (nSPS) is 12.1. The van der Waals surface area contributed by atoms with E-state index < -0.39 is 11.9 Å². The zero-order chi connectivity index (χ0) is 15.3. The number of ether oxygens (including phenoxy) is 1. The van der Waals surface area contributed by atoms with Crippen molar-refractivity contribution in [2.75, 3.05) is 12.4 Å². The Hall–Kier alpha value is -2.04. The number of rotatable bonds is 6. The maximum Gasteiger partial charge on any atom is 0.328 e. The molecule has 0 aliphatic rings. The molecule has 5 nitrogen and oxygen atoms in total. The largest absolute Gasteiger partial charge is 0.467 e. The lowest BCUT2D eigenvalue weighted by Crippen LogP contribution is -2.33. The summed E-state index contributed by atoms with van der Waals surface area (Å²) in [5.74, 6) is -0.565. The standard InChI is InChI=1S/C15H22N2O3/c1-9(2)7-13(15(19)20-4)17-12-8-10(3)5-6-11(12)14(16)18/h5-6,8-9,13,17H,7H2,1-4H3,(H2,16,18). The number of methoxy groups -OCH3 is 1. The van der Waals surface area contributed by atoms with Crippen LogP contribution in [0.25, 0.3) is 0 Å². The maximum absolute atomic E-state index is 11.8. The van der Waals surface area contributed by atoms with Gasteiger partial charge in [0.15, 0.2) is 0 Å². The monoisotopic (exact) mass is 278 g/mol. The molecule has 0 aromatic heterocycles. The second-order valence-electron chi connectivity index (χ2n) is 5.26. The molecule has 0 aliphatic heterocycles. The highest BCUT2D eigenvalue weighted by Crippen LogP contribution is 2.20. The van der Waals surface area contributed by atoms with Crippen molar-refractivity contribution in [1.29, 1.82) is 0 Å². The van der Waals surface area contributed by atoms with E-state index in [1.807, 2.05) is 20.8 Å². The zero-order valence-corrected chi connectivity index (χ0v) is 12.4. The highest BCUT2D eigenvalue weighted by Gasteiger charge is 2.22. The van der Waals surface area contributed by atoms with Crippen molar-refractivity contribution in [3.63, 3.8) is 0 Å². The van der Waals surface area contributed by atoms with E-state index in [0.717, 1.165) is 5.56 Å². The second kappa shape index (κ2) is 6.93. The van der Waals surface area contributed by atoms with Gasteiger partial charge in [0.1, 0.15) is 6.04 Å². The summed E-state index contributed by atoms with van der Waals surface area (Å²) in [6.45, 7) is 5.94. The third-order valence-corrected chi connectivity index (χ3v) is 2.96. The second-order valence-corrected chi connectivity index (χ2v) is 5.26. The van der Waals surface area contributed by atoms with Gasteiger partial charge in [-0.1, -0.05) is 19.9 Å². The van der Waals surface area contributed by atoms with Crippen LogP contribution in [0.15, 0.2) is 18.2 Å². The van der Waals surface area contributed by atoms with Crippen LogP contribution in [0.1, 0.15) is 36.2 Å². The van der Waals surface area contributed by atoms with Crippen LogP contribution in [-0.2, 0) is 9.53 Å². The molecule has 20 heavy (non-hydrogen) atoms. The van der Waals surface area contributed by atoms with Crippen molar-refractivity contribution >= 4 is 17.6 Å². The fraction of sp³-hybridized carbons (Fsp3) is 0.467. The minimum absolute atomic E-state index is 0.313. The Morgan fingerprint density at radius 3 is 2.50 bits per heavy atom. The first kappa shape index (κ1) is 16.0. The lowest BCUT2D eigenvalue weighted by Gasteiger charge is -2.21. The molecule has 0 saturated heterocycles. The van der Waals surface area contributed by atoms with E-state index in [-0.39, 0.29) is 5.97 Å². The van der Waals surface area contributed by atoms with Crippen LogP contribution in [0.5, 0.6) is 0 Å². The van der Waals surface area contributed by atoms with Crippen LogP contribution in [0, 0.1) is 12.8 Å². The van der Waals surface area contributed by atoms with E-state index in [9.17, 15) is 9.59 Å². The van der Waals surface area contributed by atoms with Crippen molar-refractivity contribution in [2.45, 2.75) is 33.2 Å². The van der Waals surface area contributed by atoms with Gasteiger partial charge in [0.05, 0.1) is 12.7 Å². The molecule has 0 spiro atoms. The van der Waals surface area contributed by atoms with E-state index in [1.165, 1.54) is 7.11 Å². The predicted molar refractivity (Wildman–Crippen MR) is 78.6 cm³/mol. The topological polar surface area (TPSA) is 81.4 Å². The fourth-order valence-electron chi connectivity index (χ4n) is 2.01. The molecule has 0 heterocycles. The van der Waals surface area contributed by atoms with Crippen LogP contribution in [0.2, 0.25) is 0 Å². The van der Waals surface area contributed by atoms with E-state index in [0.29, 0.717) is 23.6 Å². The molecule has 3 N–H and O–H groups in total. The first-order valence-electron chi connectivity index (χ1n) is 6.60. The summed E-state index contributed by atoms with van der Waals surface area (Å²) in [5.41, 5.74) is 7.26. The summed E-state index contributed by atoms with van der Waals surface area (Å²) in [6.07, 6.45) is 0.610. The molecule has 0 radical (unpaired) electrons. The maximum atomic E-state index is 11.8. The van der Waals surface area contributed by atoms with Crippen LogP contribution >= 0.6 is 0 Å². The number of hydrogen-bond donors (Lipinski definition) is 2. The molecular formula is C15H22N2O3. The molecular weight excluding hydrogens is 256 g/mol. The Balaban J connectivity index is 3.06. The Morgan fingerprint density at radius 2 is 2.00 bits per heavy atom. The third kappa shape index (κ3) is 4.26. The van der Waals surface area contributed by atoms with Crippen LogP contribution in [-0.4, -0.2) is 25.0 Å². The summed E-state index contributed by atoms with van der Waals surface area (Å²) in [6, 6.07) is 4.76. The summed E-state index contributed by atoms with van der Waals surface area (Å²) in [4.78, 5) is 23.3. The van der Waals surface area contributed by atoms with Gasteiger partial charge in [-0.25, -0.2) is 4.79 Å². The molecule has 1 amide bonds. The summed E-state index contributed by atoms with van der Waals surface area (Å²) in [7, 11) is 1.35. The van der Waals surface area contributed by atoms with E-state index in [2.05, 4.69) is 5.32 Å². The minimum atomic E-state index is -0.527. The molecule has 5 heteroatoms. The predicted octanol–water partition coefficient (Wildman–Crippen LogP) is 2.09. The van der Waals surface area contributed by atoms with Gasteiger partial charge >= 0.3 is 5.97 Å². The number of primary amides is 1. The number of benzene rings is 1. The first-order chi connectivity index (χ1) is 9.35. The van der Waals surface area contributed by atoms with E-state index >= 15 is 0 Å². The number of amides is 1. The van der Waals surface area contributed by atoms with Crippen molar-refractivity contribution in [3.05, 3.63) is 29.3 Å². The average Bonchev–Trinajstić information content (AvgIpc) is 2.36. The van der Waals surface area contributed by atoms with Crippen molar-refractivity contribution in [2.24, 2.45) is 11.7 Å². The number of nitrogens with two attached hydrogens (primary N) is 1. The van der Waals surface area contributed by atoms with E-state index in [1.54, 1.807) is 18.2 Å². The van der Waals surface area contributed by atoms with Crippen molar-refractivity contribution in [1.82, 2.24) is 0 Å². The third-order valence-electron chi connectivity index (χ3n) is 2.96. The summed E-state index contributed by atoms with van der Waals surface area (Å²) in [5, 5.41) is 3.08. The molecule has 0 aliphatic carbocycles. The quantitative estimate of drug-likeness (QED) is 0.781. The van der Waals surface area contributed by atoms with Crippen LogP contribution in [0.4, 0.5) is 5.69 Å². The molecule has 0 bridgehead atoms.